The number of hydrogen-bond donors (Lipinski definition) is 1. The Hall–Kier alpha value is -2.80. The standard InChI is InChI=1S/C21H23N3O3S/c1-3-24-19(25)14-18(28-21(24)23-15-8-6-5-7-9-15)20(26)22-16-10-12-17(13-11-16)27-4-2/h5-13,18H,3-4,14H2,1-2H3,(H,22,26)/t18-/m0/s1. The summed E-state index contributed by atoms with van der Waals surface area (Å²) in [6.45, 7) is 4.93. The molecule has 7 heteroatoms. The number of thioether (sulfide) groups is 1. The van der Waals surface area contributed by atoms with Gasteiger partial charge >= 0.3 is 0 Å². The van der Waals surface area contributed by atoms with Crippen LogP contribution in [-0.2, 0) is 9.59 Å². The van der Waals surface area contributed by atoms with E-state index in [1.165, 1.54) is 11.8 Å². The first-order valence-corrected chi connectivity index (χ1v) is 10.1. The van der Waals surface area contributed by atoms with Gasteiger partial charge in [0.05, 0.1) is 12.3 Å². The fourth-order valence-electron chi connectivity index (χ4n) is 2.79. The number of rotatable bonds is 6. The smallest absolute Gasteiger partial charge is 0.238 e. The second-order valence-electron chi connectivity index (χ2n) is 6.13. The van der Waals surface area contributed by atoms with Crippen molar-refractivity contribution in [1.29, 1.82) is 0 Å². The average Bonchev–Trinajstić information content (AvgIpc) is 2.70. The number of benzene rings is 2. The van der Waals surface area contributed by atoms with Crippen molar-refractivity contribution in [2.24, 2.45) is 4.99 Å². The maximum Gasteiger partial charge on any atom is 0.238 e. The third-order valence-electron chi connectivity index (χ3n) is 4.16. The molecule has 0 saturated carbocycles. The van der Waals surface area contributed by atoms with Crippen LogP contribution in [0.1, 0.15) is 20.3 Å². The van der Waals surface area contributed by atoms with Crippen LogP contribution in [0.15, 0.2) is 59.6 Å². The highest BCUT2D eigenvalue weighted by Crippen LogP contribution is 2.29. The highest BCUT2D eigenvalue weighted by molar-refractivity contribution is 8.15. The van der Waals surface area contributed by atoms with Crippen LogP contribution in [0, 0.1) is 0 Å². The molecular weight excluding hydrogens is 374 g/mol. The SMILES string of the molecule is CCOc1ccc(NC(=O)[C@@H]2CC(=O)N(CC)C(=Nc3ccccc3)S2)cc1. The first-order valence-electron chi connectivity index (χ1n) is 9.25. The minimum absolute atomic E-state index is 0.0947. The Labute approximate surface area is 169 Å². The molecule has 2 amide bonds. The monoisotopic (exact) mass is 397 g/mol. The summed E-state index contributed by atoms with van der Waals surface area (Å²) < 4.78 is 5.41. The zero-order valence-electron chi connectivity index (χ0n) is 15.9. The minimum atomic E-state index is -0.524. The van der Waals surface area contributed by atoms with Crippen LogP contribution < -0.4 is 10.1 Å². The molecule has 0 unspecified atom stereocenters. The molecule has 28 heavy (non-hydrogen) atoms. The largest absolute Gasteiger partial charge is 0.494 e. The summed E-state index contributed by atoms with van der Waals surface area (Å²) in [7, 11) is 0. The van der Waals surface area contributed by atoms with Gasteiger partial charge in [-0.15, -0.1) is 0 Å². The first kappa shape index (κ1) is 19.9. The quantitative estimate of drug-likeness (QED) is 0.798. The number of ether oxygens (including phenoxy) is 1. The molecule has 0 aromatic heterocycles. The number of anilines is 1. The predicted octanol–water partition coefficient (Wildman–Crippen LogP) is 4.07. The normalized spacial score (nSPS) is 18.2. The van der Waals surface area contributed by atoms with E-state index in [1.54, 1.807) is 29.2 Å². The fraction of sp³-hybridized carbons (Fsp3) is 0.286. The molecule has 1 atom stereocenters. The van der Waals surface area contributed by atoms with Crippen LogP contribution in [0.4, 0.5) is 11.4 Å². The third kappa shape index (κ3) is 4.92. The van der Waals surface area contributed by atoms with Crippen LogP contribution in [0.5, 0.6) is 5.75 Å². The van der Waals surface area contributed by atoms with Crippen molar-refractivity contribution in [1.82, 2.24) is 4.90 Å². The molecule has 2 aromatic carbocycles. The van der Waals surface area contributed by atoms with Gasteiger partial charge in [0, 0.05) is 18.7 Å². The van der Waals surface area contributed by atoms with E-state index in [-0.39, 0.29) is 18.2 Å². The van der Waals surface area contributed by atoms with Crippen LogP contribution in [0.3, 0.4) is 0 Å². The Kier molecular flexibility index (Phi) is 6.71. The van der Waals surface area contributed by atoms with Crippen LogP contribution >= 0.6 is 11.8 Å². The molecule has 1 saturated heterocycles. The van der Waals surface area contributed by atoms with E-state index < -0.39 is 5.25 Å². The number of para-hydroxylation sites is 1. The molecule has 0 radical (unpaired) electrons. The van der Waals surface area contributed by atoms with E-state index in [2.05, 4.69) is 10.3 Å². The molecule has 0 aliphatic carbocycles. The summed E-state index contributed by atoms with van der Waals surface area (Å²) >= 11 is 1.32. The van der Waals surface area contributed by atoms with Crippen molar-refractivity contribution in [3.05, 3.63) is 54.6 Å². The van der Waals surface area contributed by atoms with Gasteiger partial charge in [-0.05, 0) is 50.2 Å². The minimum Gasteiger partial charge on any atom is -0.494 e. The highest BCUT2D eigenvalue weighted by atomic mass is 32.2. The van der Waals surface area contributed by atoms with E-state index in [4.69, 9.17) is 4.74 Å². The molecule has 146 valence electrons. The molecule has 0 bridgehead atoms. The number of nitrogens with zero attached hydrogens (tertiary/aromatic N) is 2. The summed E-state index contributed by atoms with van der Waals surface area (Å²) in [5.41, 5.74) is 1.42. The maximum atomic E-state index is 12.7. The van der Waals surface area contributed by atoms with E-state index in [0.29, 0.717) is 24.0 Å². The molecular formula is C21H23N3O3S. The number of amidine groups is 1. The van der Waals surface area contributed by atoms with Gasteiger partial charge in [-0.25, -0.2) is 4.99 Å². The van der Waals surface area contributed by atoms with Gasteiger partial charge in [0.25, 0.3) is 0 Å². The lowest BCUT2D eigenvalue weighted by molar-refractivity contribution is -0.129. The van der Waals surface area contributed by atoms with Gasteiger partial charge in [-0.1, -0.05) is 30.0 Å². The molecule has 1 aliphatic heterocycles. The van der Waals surface area contributed by atoms with Crippen molar-refractivity contribution >= 4 is 40.1 Å². The predicted molar refractivity (Wildman–Crippen MR) is 113 cm³/mol. The van der Waals surface area contributed by atoms with Gasteiger partial charge < -0.3 is 10.1 Å². The molecule has 1 aliphatic rings. The van der Waals surface area contributed by atoms with Crippen molar-refractivity contribution in [3.63, 3.8) is 0 Å². The van der Waals surface area contributed by atoms with Gasteiger partial charge in [-0.3, -0.25) is 14.5 Å². The Morgan fingerprint density at radius 1 is 1.18 bits per heavy atom. The number of hydrogen-bond acceptors (Lipinski definition) is 5. The van der Waals surface area contributed by atoms with Gasteiger partial charge in [0.1, 0.15) is 11.0 Å². The number of aliphatic imine (C=N–C) groups is 1. The molecule has 1 heterocycles. The van der Waals surface area contributed by atoms with E-state index in [0.717, 1.165) is 11.4 Å². The molecule has 1 fully saturated rings. The topological polar surface area (TPSA) is 71.0 Å². The first-order chi connectivity index (χ1) is 13.6. The van der Waals surface area contributed by atoms with E-state index in [1.807, 2.05) is 44.2 Å². The van der Waals surface area contributed by atoms with Crippen molar-refractivity contribution in [3.8, 4) is 5.75 Å². The zero-order chi connectivity index (χ0) is 19.9. The fourth-order valence-corrected chi connectivity index (χ4v) is 3.95. The Bertz CT molecular complexity index is 853. The summed E-state index contributed by atoms with van der Waals surface area (Å²) in [6.07, 6.45) is 0.148. The average molecular weight is 398 g/mol. The molecule has 0 spiro atoms. The van der Waals surface area contributed by atoms with E-state index in [9.17, 15) is 9.59 Å². The summed E-state index contributed by atoms with van der Waals surface area (Å²) in [5.74, 6) is 0.445. The van der Waals surface area contributed by atoms with Crippen molar-refractivity contribution in [2.75, 3.05) is 18.5 Å². The summed E-state index contributed by atoms with van der Waals surface area (Å²) in [6, 6.07) is 16.6. The van der Waals surface area contributed by atoms with Gasteiger partial charge in [0.15, 0.2) is 5.17 Å². The lowest BCUT2D eigenvalue weighted by atomic mass is 10.2. The van der Waals surface area contributed by atoms with Crippen LogP contribution in [0.25, 0.3) is 0 Å². The maximum absolute atomic E-state index is 12.7. The van der Waals surface area contributed by atoms with Gasteiger partial charge in [0.2, 0.25) is 11.8 Å². The number of carbonyl (C=O) groups is 2. The van der Waals surface area contributed by atoms with Crippen LogP contribution in [0.2, 0.25) is 0 Å². The number of amides is 2. The van der Waals surface area contributed by atoms with E-state index >= 15 is 0 Å². The Morgan fingerprint density at radius 2 is 1.89 bits per heavy atom. The summed E-state index contributed by atoms with van der Waals surface area (Å²) in [4.78, 5) is 31.5. The van der Waals surface area contributed by atoms with Crippen LogP contribution in [-0.4, -0.2) is 40.3 Å². The molecule has 1 N–H and O–H groups in total. The second kappa shape index (κ2) is 9.41. The molecule has 3 rings (SSSR count). The third-order valence-corrected chi connectivity index (χ3v) is 5.35. The highest BCUT2D eigenvalue weighted by Gasteiger charge is 2.35. The molecule has 2 aromatic rings. The lowest BCUT2D eigenvalue weighted by Crippen LogP contribution is -2.45. The van der Waals surface area contributed by atoms with Crippen molar-refractivity contribution < 1.29 is 14.3 Å². The Morgan fingerprint density at radius 3 is 2.54 bits per heavy atom. The Balaban J connectivity index is 1.73. The number of carbonyl (C=O) groups excluding carboxylic acids is 2. The summed E-state index contributed by atoms with van der Waals surface area (Å²) in [5, 5.41) is 2.91. The molecule has 6 nitrogen and oxygen atoms in total. The second-order valence-corrected chi connectivity index (χ2v) is 7.30. The number of nitrogens with one attached hydrogen (secondary N) is 1. The van der Waals surface area contributed by atoms with Crippen molar-refractivity contribution in [2.45, 2.75) is 25.5 Å². The zero-order valence-corrected chi connectivity index (χ0v) is 16.7. The van der Waals surface area contributed by atoms with Gasteiger partial charge in [-0.2, -0.15) is 0 Å². The lowest BCUT2D eigenvalue weighted by Gasteiger charge is -2.30.